The van der Waals surface area contributed by atoms with Crippen LogP contribution in [0.15, 0.2) is 24.3 Å². The van der Waals surface area contributed by atoms with Gasteiger partial charge < -0.3 is 18.9 Å². The van der Waals surface area contributed by atoms with Crippen molar-refractivity contribution in [1.82, 2.24) is 0 Å². The maximum absolute atomic E-state index is 7.06. The van der Waals surface area contributed by atoms with Gasteiger partial charge in [-0.2, -0.15) is 0 Å². The van der Waals surface area contributed by atoms with E-state index in [1.807, 2.05) is 0 Å². The topological polar surface area (TPSA) is 43.5 Å². The van der Waals surface area contributed by atoms with E-state index in [4.69, 9.17) is 18.9 Å². The second-order valence-electron chi connectivity index (χ2n) is 15.9. The molecule has 2 atom stereocenters. The summed E-state index contributed by atoms with van der Waals surface area (Å²) in [4.78, 5) is 0. The third kappa shape index (κ3) is 3.70. The van der Waals surface area contributed by atoms with Gasteiger partial charge in [0, 0.05) is 16.3 Å². The molecule has 10 fully saturated rings. The normalized spacial score (nSPS) is 45.3. The molecule has 2 saturated heterocycles. The first-order chi connectivity index (χ1) is 19.6. The smallest absolute Gasteiger partial charge is 0.131 e. The Kier molecular flexibility index (Phi) is 4.99. The van der Waals surface area contributed by atoms with Crippen molar-refractivity contribution in [3.05, 3.63) is 35.4 Å². The fraction of sp³-hybridized carbons (Fsp3) is 0.722. The Morgan fingerprint density at radius 2 is 1.02 bits per heavy atom. The summed E-state index contributed by atoms with van der Waals surface area (Å²) in [7, 11) is 0. The lowest BCUT2D eigenvalue weighted by Gasteiger charge is -2.58. The molecule has 2 aliphatic heterocycles. The van der Waals surface area contributed by atoms with Crippen LogP contribution in [0.25, 0.3) is 10.8 Å². The minimum absolute atomic E-state index is 0.256. The largest absolute Gasteiger partial charge is 0.490 e. The molecule has 8 bridgehead atoms. The minimum Gasteiger partial charge on any atom is -0.490 e. The maximum Gasteiger partial charge on any atom is 0.131 e. The van der Waals surface area contributed by atoms with Crippen molar-refractivity contribution in [2.24, 2.45) is 35.5 Å². The lowest BCUT2D eigenvalue weighted by molar-refractivity contribution is -0.00682. The zero-order valence-electron chi connectivity index (χ0n) is 23.9. The van der Waals surface area contributed by atoms with Crippen LogP contribution in [-0.2, 0) is 20.3 Å². The third-order valence-corrected chi connectivity index (χ3v) is 13.0. The van der Waals surface area contributed by atoms with E-state index in [0.717, 1.165) is 54.5 Å². The van der Waals surface area contributed by atoms with E-state index in [-0.39, 0.29) is 12.2 Å². The molecule has 2 unspecified atom stereocenters. The quantitative estimate of drug-likeness (QED) is 0.329. The van der Waals surface area contributed by atoms with Crippen molar-refractivity contribution in [1.29, 1.82) is 0 Å². The lowest BCUT2D eigenvalue weighted by atomic mass is 9.47. The summed E-state index contributed by atoms with van der Waals surface area (Å²) in [6, 6.07) is 9.72. The van der Waals surface area contributed by atoms with Gasteiger partial charge in [-0.25, -0.2) is 0 Å². The molecular formula is C36H44O4. The Labute approximate surface area is 238 Å². The van der Waals surface area contributed by atoms with Gasteiger partial charge in [0.2, 0.25) is 0 Å². The number of hydrogen-bond donors (Lipinski definition) is 0. The standard InChI is InChI=1S/C36H44O4/c1-2-31(36-14-24-8-25(15-36)10-26(9-24)16-36)34(40-20-28-18-38-28)33-29(1)32(39-19-27-17-37-27)4-3-30(33)35-11-21-5-22(12-35)7-23(6-21)13-35/h1-4,21-28H,5-20H2. The molecule has 2 heterocycles. The first-order valence-corrected chi connectivity index (χ1v) is 16.7. The van der Waals surface area contributed by atoms with Crippen LogP contribution >= 0.6 is 0 Å². The van der Waals surface area contributed by atoms with Crippen molar-refractivity contribution in [3.63, 3.8) is 0 Å². The first-order valence-electron chi connectivity index (χ1n) is 16.7. The van der Waals surface area contributed by atoms with Gasteiger partial charge in [-0.05, 0) is 135 Å². The average molecular weight is 541 g/mol. The fourth-order valence-corrected chi connectivity index (χ4v) is 12.1. The van der Waals surface area contributed by atoms with Crippen LogP contribution in [0.2, 0.25) is 0 Å². The van der Waals surface area contributed by atoms with Gasteiger partial charge in [-0.1, -0.05) is 18.2 Å². The Bertz CT molecular complexity index is 1280. The monoisotopic (exact) mass is 540 g/mol. The van der Waals surface area contributed by atoms with Crippen molar-refractivity contribution in [2.45, 2.75) is 100 Å². The molecule has 0 amide bonds. The summed E-state index contributed by atoms with van der Waals surface area (Å²) in [5.74, 6) is 7.73. The predicted molar refractivity (Wildman–Crippen MR) is 154 cm³/mol. The molecule has 2 aromatic carbocycles. The molecule has 2 aromatic rings. The molecule has 0 N–H and O–H groups in total. The highest BCUT2D eigenvalue weighted by atomic mass is 16.6. The lowest BCUT2D eigenvalue weighted by Crippen LogP contribution is -2.49. The molecule has 4 nitrogen and oxygen atoms in total. The van der Waals surface area contributed by atoms with E-state index < -0.39 is 0 Å². The number of rotatable bonds is 8. The van der Waals surface area contributed by atoms with E-state index in [1.54, 1.807) is 5.56 Å². The number of ether oxygens (including phenoxy) is 4. The van der Waals surface area contributed by atoms with Gasteiger partial charge in [0.1, 0.15) is 36.9 Å². The highest BCUT2D eigenvalue weighted by Crippen LogP contribution is 2.65. The highest BCUT2D eigenvalue weighted by Gasteiger charge is 2.55. The predicted octanol–water partition coefficient (Wildman–Crippen LogP) is 7.33. The Morgan fingerprint density at radius 1 is 0.575 bits per heavy atom. The van der Waals surface area contributed by atoms with Crippen molar-refractivity contribution in [3.8, 4) is 11.5 Å². The van der Waals surface area contributed by atoms with E-state index in [2.05, 4.69) is 24.3 Å². The Morgan fingerprint density at radius 3 is 1.52 bits per heavy atom. The minimum atomic E-state index is 0.256. The van der Waals surface area contributed by atoms with Crippen LogP contribution in [0, 0.1) is 35.5 Å². The van der Waals surface area contributed by atoms with Gasteiger partial charge in [0.05, 0.1) is 13.2 Å². The summed E-state index contributed by atoms with van der Waals surface area (Å²) < 4.78 is 24.8. The zero-order valence-corrected chi connectivity index (χ0v) is 23.9. The summed E-state index contributed by atoms with van der Waals surface area (Å²) in [5.41, 5.74) is 3.72. The average Bonchev–Trinajstić information content (AvgIpc) is 3.84. The maximum atomic E-state index is 7.06. The van der Waals surface area contributed by atoms with E-state index in [0.29, 0.717) is 24.0 Å². The van der Waals surface area contributed by atoms with Crippen LogP contribution in [0.5, 0.6) is 11.5 Å². The van der Waals surface area contributed by atoms with Crippen LogP contribution in [0.4, 0.5) is 0 Å². The molecule has 0 aromatic heterocycles. The van der Waals surface area contributed by atoms with Gasteiger partial charge in [0.25, 0.3) is 0 Å². The highest BCUT2D eigenvalue weighted by molar-refractivity contribution is 5.98. The number of epoxide rings is 2. The van der Waals surface area contributed by atoms with Crippen LogP contribution in [-0.4, -0.2) is 38.6 Å². The number of benzene rings is 2. The second kappa shape index (κ2) is 8.40. The molecule has 4 heteroatoms. The molecular weight excluding hydrogens is 496 g/mol. The van der Waals surface area contributed by atoms with E-state index in [9.17, 15) is 0 Å². The van der Waals surface area contributed by atoms with E-state index >= 15 is 0 Å². The summed E-state index contributed by atoms with van der Waals surface area (Å²) >= 11 is 0. The molecule has 8 aliphatic carbocycles. The van der Waals surface area contributed by atoms with Crippen molar-refractivity contribution >= 4 is 10.8 Å². The van der Waals surface area contributed by atoms with Crippen molar-refractivity contribution < 1.29 is 18.9 Å². The Balaban J connectivity index is 1.18. The van der Waals surface area contributed by atoms with Crippen LogP contribution in [0.3, 0.4) is 0 Å². The zero-order chi connectivity index (χ0) is 26.1. The molecule has 10 aliphatic rings. The summed E-state index contributed by atoms with van der Waals surface area (Å²) in [6.45, 7) is 3.00. The molecule has 0 spiro atoms. The molecule has 212 valence electrons. The summed E-state index contributed by atoms with van der Waals surface area (Å²) in [5, 5.41) is 2.68. The van der Waals surface area contributed by atoms with E-state index in [1.165, 1.54) is 99.1 Å². The molecule has 40 heavy (non-hydrogen) atoms. The molecule has 12 rings (SSSR count). The molecule has 8 saturated carbocycles. The summed E-state index contributed by atoms with van der Waals surface area (Å²) in [6.07, 6.45) is 17.6. The van der Waals surface area contributed by atoms with Crippen molar-refractivity contribution in [2.75, 3.05) is 26.4 Å². The first kappa shape index (κ1) is 23.7. The van der Waals surface area contributed by atoms with Gasteiger partial charge in [-0.3, -0.25) is 0 Å². The van der Waals surface area contributed by atoms with Crippen LogP contribution in [0.1, 0.15) is 88.2 Å². The van der Waals surface area contributed by atoms with Gasteiger partial charge in [0.15, 0.2) is 0 Å². The number of fused-ring (bicyclic) bond motifs is 1. The fourth-order valence-electron chi connectivity index (χ4n) is 12.1. The van der Waals surface area contributed by atoms with Crippen LogP contribution < -0.4 is 9.47 Å². The third-order valence-electron chi connectivity index (χ3n) is 13.0. The molecule has 0 radical (unpaired) electrons. The SMILES string of the molecule is c1cc2c(OCC3CO3)ccc(C34CC5CC(CC(C5)C3)C4)c2c(OCC2CO2)c1C12CC3CC(CC(C3)C1)C2. The second-order valence-corrected chi connectivity index (χ2v) is 15.9. The van der Waals surface area contributed by atoms with Gasteiger partial charge >= 0.3 is 0 Å². The number of hydrogen-bond acceptors (Lipinski definition) is 4. The van der Waals surface area contributed by atoms with Gasteiger partial charge in [-0.15, -0.1) is 0 Å². The Hall–Kier alpha value is -1.78.